The summed E-state index contributed by atoms with van der Waals surface area (Å²) in [5, 5.41) is 15.2. The van der Waals surface area contributed by atoms with Crippen LogP contribution < -0.4 is 5.32 Å². The Kier molecular flexibility index (Phi) is 6.82. The Morgan fingerprint density at radius 2 is 2.32 bits per heavy atom. The van der Waals surface area contributed by atoms with E-state index in [1.807, 2.05) is 6.92 Å². The zero-order valence-electron chi connectivity index (χ0n) is 11.1. The van der Waals surface area contributed by atoms with Crippen molar-refractivity contribution in [1.82, 2.24) is 9.78 Å². The molecule has 100 valence electrons. The summed E-state index contributed by atoms with van der Waals surface area (Å²) in [4.78, 5) is 11.4. The third-order valence-corrected chi connectivity index (χ3v) is 2.39. The van der Waals surface area contributed by atoms with Gasteiger partial charge in [0.2, 0.25) is 0 Å². The minimum atomic E-state index is -0.308. The molecule has 0 bridgehead atoms. The first-order valence-electron chi connectivity index (χ1n) is 6.45. The maximum Gasteiger partial charge on any atom is 0.300 e. The Balaban J connectivity index is 2.36. The van der Waals surface area contributed by atoms with Crippen molar-refractivity contribution in [1.29, 1.82) is 5.26 Å². The largest absolute Gasteiger partial charge is 0.312 e. The lowest BCUT2D eigenvalue weighted by Crippen LogP contribution is -2.07. The molecule has 0 aliphatic heterocycles. The summed E-state index contributed by atoms with van der Waals surface area (Å²) in [6, 6.07) is 2.11. The molecule has 0 atom stereocenters. The molecule has 1 heterocycles. The van der Waals surface area contributed by atoms with E-state index in [1.54, 1.807) is 17.1 Å². The zero-order chi connectivity index (χ0) is 13.9. The SMILES string of the molecule is CCCC#CC(=O)Nc1cnn(CCCCC#N)c1. The molecular formula is C14H18N4O. The molecule has 0 saturated carbocycles. The van der Waals surface area contributed by atoms with E-state index in [4.69, 9.17) is 5.26 Å². The highest BCUT2D eigenvalue weighted by Crippen LogP contribution is 2.06. The van der Waals surface area contributed by atoms with Crippen molar-refractivity contribution in [2.24, 2.45) is 0 Å². The van der Waals surface area contributed by atoms with Gasteiger partial charge in [0.15, 0.2) is 0 Å². The Morgan fingerprint density at radius 3 is 3.05 bits per heavy atom. The highest BCUT2D eigenvalue weighted by molar-refractivity contribution is 6.03. The molecule has 0 spiro atoms. The van der Waals surface area contributed by atoms with Gasteiger partial charge in [-0.15, -0.1) is 0 Å². The van der Waals surface area contributed by atoms with Crippen molar-refractivity contribution < 1.29 is 4.79 Å². The number of nitrogens with zero attached hydrogens (tertiary/aromatic N) is 3. The molecule has 0 radical (unpaired) electrons. The second kappa shape index (κ2) is 8.77. The molecule has 1 rings (SSSR count). The first-order chi connectivity index (χ1) is 9.26. The van der Waals surface area contributed by atoms with E-state index in [0.29, 0.717) is 12.1 Å². The van der Waals surface area contributed by atoms with Crippen LogP contribution in [0.2, 0.25) is 0 Å². The van der Waals surface area contributed by atoms with Crippen molar-refractivity contribution in [2.75, 3.05) is 5.32 Å². The van der Waals surface area contributed by atoms with Gasteiger partial charge in [-0.3, -0.25) is 9.48 Å². The second-order valence-electron chi connectivity index (χ2n) is 4.11. The molecular weight excluding hydrogens is 240 g/mol. The molecule has 1 amide bonds. The third-order valence-electron chi connectivity index (χ3n) is 2.39. The fourth-order valence-corrected chi connectivity index (χ4v) is 1.46. The number of carbonyl (C=O) groups is 1. The van der Waals surface area contributed by atoms with Crippen LogP contribution in [0.25, 0.3) is 0 Å². The van der Waals surface area contributed by atoms with Gasteiger partial charge in [-0.1, -0.05) is 12.8 Å². The molecule has 1 aromatic rings. The molecule has 0 aliphatic rings. The van der Waals surface area contributed by atoms with E-state index >= 15 is 0 Å². The number of carbonyl (C=O) groups excluding carboxylic acids is 1. The number of rotatable bonds is 6. The summed E-state index contributed by atoms with van der Waals surface area (Å²) in [5.41, 5.74) is 0.649. The number of aromatic nitrogens is 2. The topological polar surface area (TPSA) is 70.7 Å². The molecule has 0 unspecified atom stereocenters. The average Bonchev–Trinajstić information content (AvgIpc) is 2.82. The van der Waals surface area contributed by atoms with E-state index in [2.05, 4.69) is 28.3 Å². The van der Waals surface area contributed by atoms with Gasteiger partial charge >= 0.3 is 0 Å². The van der Waals surface area contributed by atoms with Crippen molar-refractivity contribution in [3.63, 3.8) is 0 Å². The highest BCUT2D eigenvalue weighted by atomic mass is 16.1. The van der Waals surface area contributed by atoms with Crippen LogP contribution in [0, 0.1) is 23.2 Å². The number of unbranched alkanes of at least 4 members (excludes halogenated alkanes) is 3. The maximum atomic E-state index is 11.4. The molecule has 0 saturated heterocycles. The lowest BCUT2D eigenvalue weighted by Gasteiger charge is -1.98. The van der Waals surface area contributed by atoms with Gasteiger partial charge in [-0.2, -0.15) is 10.4 Å². The van der Waals surface area contributed by atoms with E-state index in [9.17, 15) is 4.79 Å². The number of nitriles is 1. The average molecular weight is 258 g/mol. The number of anilines is 1. The first kappa shape index (κ1) is 14.8. The van der Waals surface area contributed by atoms with Gasteiger partial charge in [-0.25, -0.2) is 0 Å². The van der Waals surface area contributed by atoms with Gasteiger partial charge in [0.1, 0.15) is 0 Å². The van der Waals surface area contributed by atoms with Crippen molar-refractivity contribution >= 4 is 11.6 Å². The van der Waals surface area contributed by atoms with E-state index in [-0.39, 0.29) is 5.91 Å². The van der Waals surface area contributed by atoms with Crippen LogP contribution in [0.1, 0.15) is 39.0 Å². The van der Waals surface area contributed by atoms with Crippen LogP contribution in [0.5, 0.6) is 0 Å². The number of aryl methyl sites for hydroxylation is 1. The van der Waals surface area contributed by atoms with Crippen molar-refractivity contribution in [3.05, 3.63) is 12.4 Å². The molecule has 0 aliphatic carbocycles. The summed E-state index contributed by atoms with van der Waals surface area (Å²) < 4.78 is 1.76. The van der Waals surface area contributed by atoms with Crippen LogP contribution >= 0.6 is 0 Å². The smallest absolute Gasteiger partial charge is 0.300 e. The lowest BCUT2D eigenvalue weighted by atomic mass is 10.2. The fraction of sp³-hybridized carbons (Fsp3) is 0.500. The summed E-state index contributed by atoms with van der Waals surface area (Å²) in [6.45, 7) is 2.77. The normalized spacial score (nSPS) is 9.26. The highest BCUT2D eigenvalue weighted by Gasteiger charge is 2.01. The van der Waals surface area contributed by atoms with Crippen LogP contribution in [-0.2, 0) is 11.3 Å². The van der Waals surface area contributed by atoms with Gasteiger partial charge in [0.05, 0.1) is 18.0 Å². The predicted octanol–water partition coefficient (Wildman–Crippen LogP) is 2.32. The monoisotopic (exact) mass is 258 g/mol. The van der Waals surface area contributed by atoms with Gasteiger partial charge in [-0.05, 0) is 25.2 Å². The molecule has 1 aromatic heterocycles. The number of amides is 1. The maximum absolute atomic E-state index is 11.4. The van der Waals surface area contributed by atoms with Gasteiger partial charge in [0.25, 0.3) is 5.91 Å². The Bertz CT molecular complexity index is 501. The Hall–Kier alpha value is -2.27. The molecule has 5 nitrogen and oxygen atoms in total. The number of hydrogen-bond donors (Lipinski definition) is 1. The summed E-state index contributed by atoms with van der Waals surface area (Å²) in [7, 11) is 0. The van der Waals surface area contributed by atoms with Gasteiger partial charge < -0.3 is 5.32 Å². The minimum absolute atomic E-state index is 0.308. The third kappa shape index (κ3) is 6.28. The standard InChI is InChI=1S/C14H18N4O/c1-2-3-5-8-14(19)17-13-11-16-18(12-13)10-7-4-6-9-15/h11-12H,2-4,6-7,10H2,1H3,(H,17,19). The van der Waals surface area contributed by atoms with E-state index in [1.165, 1.54) is 0 Å². The zero-order valence-corrected chi connectivity index (χ0v) is 11.1. The van der Waals surface area contributed by atoms with Crippen LogP contribution in [0.15, 0.2) is 12.4 Å². The Labute approximate surface area is 113 Å². The van der Waals surface area contributed by atoms with E-state index in [0.717, 1.165) is 32.2 Å². The molecule has 5 heteroatoms. The Morgan fingerprint density at radius 1 is 1.47 bits per heavy atom. The van der Waals surface area contributed by atoms with Crippen LogP contribution in [0.4, 0.5) is 5.69 Å². The lowest BCUT2D eigenvalue weighted by molar-refractivity contribution is -0.111. The summed E-state index contributed by atoms with van der Waals surface area (Å²) in [5.74, 6) is 5.01. The van der Waals surface area contributed by atoms with Crippen molar-refractivity contribution in [3.8, 4) is 17.9 Å². The van der Waals surface area contributed by atoms with Gasteiger partial charge in [0, 0.05) is 25.6 Å². The van der Waals surface area contributed by atoms with E-state index < -0.39 is 0 Å². The fourth-order valence-electron chi connectivity index (χ4n) is 1.46. The number of nitrogens with one attached hydrogen (secondary N) is 1. The summed E-state index contributed by atoms with van der Waals surface area (Å²) >= 11 is 0. The molecule has 0 aromatic carbocycles. The molecule has 1 N–H and O–H groups in total. The quantitative estimate of drug-likeness (QED) is 0.628. The predicted molar refractivity (Wildman–Crippen MR) is 73.0 cm³/mol. The minimum Gasteiger partial charge on any atom is -0.312 e. The number of hydrogen-bond acceptors (Lipinski definition) is 3. The first-order valence-corrected chi connectivity index (χ1v) is 6.45. The van der Waals surface area contributed by atoms with Crippen molar-refractivity contribution in [2.45, 2.75) is 45.6 Å². The molecule has 19 heavy (non-hydrogen) atoms. The summed E-state index contributed by atoms with van der Waals surface area (Å²) in [6.07, 6.45) is 7.37. The molecule has 0 fully saturated rings. The second-order valence-corrected chi connectivity index (χ2v) is 4.11. The van der Waals surface area contributed by atoms with Crippen LogP contribution in [-0.4, -0.2) is 15.7 Å². The van der Waals surface area contributed by atoms with Crippen LogP contribution in [0.3, 0.4) is 0 Å².